The first-order valence-corrected chi connectivity index (χ1v) is 5.19. The van der Waals surface area contributed by atoms with Gasteiger partial charge in [-0.3, -0.25) is 4.98 Å². The fraction of sp³-hybridized carbons (Fsp3) is 0.545. The molecule has 0 aliphatic carbocycles. The first-order chi connectivity index (χ1) is 7.49. The van der Waals surface area contributed by atoms with E-state index in [1.165, 1.54) is 0 Å². The molecule has 0 saturated carbocycles. The quantitative estimate of drug-likeness (QED) is 0.789. The normalized spacial score (nSPS) is 13.8. The summed E-state index contributed by atoms with van der Waals surface area (Å²) in [5.74, 6) is 0. The van der Waals surface area contributed by atoms with Gasteiger partial charge in [0.25, 0.3) is 0 Å². The van der Waals surface area contributed by atoms with Gasteiger partial charge in [0.2, 0.25) is 0 Å². The first-order valence-electron chi connectivity index (χ1n) is 5.19. The van der Waals surface area contributed by atoms with Crippen LogP contribution in [0, 0.1) is 0 Å². The molecule has 0 aliphatic rings. The second kappa shape index (κ2) is 5.84. The summed E-state index contributed by atoms with van der Waals surface area (Å²) < 4.78 is 35.6. The van der Waals surface area contributed by atoms with Gasteiger partial charge in [-0.1, -0.05) is 0 Å². The summed E-state index contributed by atoms with van der Waals surface area (Å²) in [6.45, 7) is 2.28. The smallest absolute Gasteiger partial charge is 0.310 e. The molecule has 90 valence electrons. The molecule has 1 atom stereocenters. The molecule has 0 bridgehead atoms. The lowest BCUT2D eigenvalue weighted by Gasteiger charge is -2.14. The van der Waals surface area contributed by atoms with Crippen LogP contribution in [0.1, 0.15) is 31.4 Å². The molecular formula is C11H15F3N2. The number of nitrogens with one attached hydrogen (secondary N) is 1. The zero-order chi connectivity index (χ0) is 12.0. The highest BCUT2D eigenvalue weighted by atomic mass is 19.4. The van der Waals surface area contributed by atoms with Crippen molar-refractivity contribution in [2.45, 2.75) is 32.0 Å². The zero-order valence-corrected chi connectivity index (χ0v) is 9.09. The van der Waals surface area contributed by atoms with E-state index < -0.39 is 12.6 Å². The minimum atomic E-state index is -4.05. The van der Waals surface area contributed by atoms with Gasteiger partial charge in [-0.25, -0.2) is 0 Å². The Morgan fingerprint density at radius 1 is 1.31 bits per heavy atom. The number of hydrogen-bond donors (Lipinski definition) is 1. The molecule has 0 aliphatic heterocycles. The van der Waals surface area contributed by atoms with Crippen molar-refractivity contribution in [3.63, 3.8) is 0 Å². The van der Waals surface area contributed by atoms with E-state index in [0.29, 0.717) is 6.54 Å². The van der Waals surface area contributed by atoms with E-state index >= 15 is 0 Å². The Hall–Kier alpha value is -1.10. The van der Waals surface area contributed by atoms with Gasteiger partial charge in [-0.2, -0.15) is 13.2 Å². The summed E-state index contributed by atoms with van der Waals surface area (Å²) in [7, 11) is 0. The Morgan fingerprint density at radius 2 is 1.94 bits per heavy atom. The summed E-state index contributed by atoms with van der Waals surface area (Å²) in [6, 6.07) is 3.75. The molecule has 2 nitrogen and oxygen atoms in total. The first kappa shape index (κ1) is 13.0. The lowest BCUT2D eigenvalue weighted by molar-refractivity contribution is -0.135. The number of rotatable bonds is 5. The van der Waals surface area contributed by atoms with Crippen molar-refractivity contribution in [1.82, 2.24) is 10.3 Å². The predicted molar refractivity (Wildman–Crippen MR) is 55.9 cm³/mol. The van der Waals surface area contributed by atoms with E-state index in [2.05, 4.69) is 10.3 Å². The van der Waals surface area contributed by atoms with Crippen LogP contribution in [0.2, 0.25) is 0 Å². The standard InChI is InChI=1S/C11H15F3N2/c1-9(10-3-7-15-8-4-10)16-6-2-5-11(12,13)14/h3-4,7-9,16H,2,5-6H2,1H3. The molecule has 1 unspecified atom stereocenters. The Morgan fingerprint density at radius 3 is 2.50 bits per heavy atom. The summed E-state index contributed by atoms with van der Waals surface area (Å²) in [6.07, 6.45) is -1.34. The third-order valence-electron chi connectivity index (χ3n) is 2.29. The minimum Gasteiger partial charge on any atom is -0.310 e. The van der Waals surface area contributed by atoms with Gasteiger partial charge in [0.05, 0.1) is 0 Å². The number of hydrogen-bond acceptors (Lipinski definition) is 2. The molecule has 1 rings (SSSR count). The lowest BCUT2D eigenvalue weighted by Crippen LogP contribution is -2.21. The van der Waals surface area contributed by atoms with Gasteiger partial charge in [0.1, 0.15) is 0 Å². The number of halogens is 3. The number of pyridine rings is 1. The van der Waals surface area contributed by atoms with Gasteiger partial charge in [0.15, 0.2) is 0 Å². The van der Waals surface area contributed by atoms with E-state index in [1.807, 2.05) is 19.1 Å². The molecule has 0 fully saturated rings. The van der Waals surface area contributed by atoms with Crippen molar-refractivity contribution in [2.75, 3.05) is 6.54 Å². The SMILES string of the molecule is CC(NCCCC(F)(F)F)c1ccncc1. The van der Waals surface area contributed by atoms with Gasteiger partial charge in [0, 0.05) is 24.9 Å². The number of aromatic nitrogens is 1. The third-order valence-corrected chi connectivity index (χ3v) is 2.29. The molecule has 1 aromatic heterocycles. The molecule has 5 heteroatoms. The van der Waals surface area contributed by atoms with Crippen LogP contribution in [0.3, 0.4) is 0 Å². The van der Waals surface area contributed by atoms with E-state index in [0.717, 1.165) is 5.56 Å². The molecule has 0 spiro atoms. The molecule has 1 aromatic rings. The average Bonchev–Trinajstić information content (AvgIpc) is 2.24. The van der Waals surface area contributed by atoms with Crippen LogP contribution in [0.15, 0.2) is 24.5 Å². The summed E-state index contributed by atoms with van der Waals surface area (Å²) in [5.41, 5.74) is 1.03. The Kier molecular flexibility index (Phi) is 4.73. The fourth-order valence-electron chi connectivity index (χ4n) is 1.38. The predicted octanol–water partition coefficient (Wildman–Crippen LogP) is 3.07. The second-order valence-corrected chi connectivity index (χ2v) is 3.68. The zero-order valence-electron chi connectivity index (χ0n) is 9.09. The number of alkyl halides is 3. The van der Waals surface area contributed by atoms with Crippen molar-refractivity contribution in [3.8, 4) is 0 Å². The largest absolute Gasteiger partial charge is 0.389 e. The van der Waals surface area contributed by atoms with Crippen LogP contribution in [0.25, 0.3) is 0 Å². The average molecular weight is 232 g/mol. The van der Waals surface area contributed by atoms with Crippen LogP contribution in [-0.2, 0) is 0 Å². The van der Waals surface area contributed by atoms with Crippen molar-refractivity contribution in [2.24, 2.45) is 0 Å². The summed E-state index contributed by atoms with van der Waals surface area (Å²) >= 11 is 0. The summed E-state index contributed by atoms with van der Waals surface area (Å²) in [5, 5.41) is 3.04. The Balaban J connectivity index is 2.24. The van der Waals surface area contributed by atoms with E-state index in [1.54, 1.807) is 12.4 Å². The van der Waals surface area contributed by atoms with Crippen LogP contribution < -0.4 is 5.32 Å². The van der Waals surface area contributed by atoms with Gasteiger partial charge in [-0.15, -0.1) is 0 Å². The second-order valence-electron chi connectivity index (χ2n) is 3.68. The molecule has 0 radical (unpaired) electrons. The fourth-order valence-corrected chi connectivity index (χ4v) is 1.38. The highest BCUT2D eigenvalue weighted by Gasteiger charge is 2.25. The Labute approximate surface area is 92.9 Å². The molecule has 0 saturated heterocycles. The number of nitrogens with zero attached hydrogens (tertiary/aromatic N) is 1. The molecule has 16 heavy (non-hydrogen) atoms. The lowest BCUT2D eigenvalue weighted by atomic mass is 10.1. The molecular weight excluding hydrogens is 217 g/mol. The maximum atomic E-state index is 11.9. The maximum absolute atomic E-state index is 11.9. The minimum absolute atomic E-state index is 0.0521. The van der Waals surface area contributed by atoms with Crippen molar-refractivity contribution < 1.29 is 13.2 Å². The summed E-state index contributed by atoms with van der Waals surface area (Å²) in [4.78, 5) is 3.88. The topological polar surface area (TPSA) is 24.9 Å². The molecule has 1 heterocycles. The van der Waals surface area contributed by atoms with Crippen molar-refractivity contribution in [1.29, 1.82) is 0 Å². The van der Waals surface area contributed by atoms with E-state index in [4.69, 9.17) is 0 Å². The third kappa shape index (κ3) is 5.11. The molecule has 0 amide bonds. The van der Waals surface area contributed by atoms with Crippen molar-refractivity contribution >= 4 is 0 Å². The van der Waals surface area contributed by atoms with E-state index in [9.17, 15) is 13.2 Å². The van der Waals surface area contributed by atoms with Crippen LogP contribution in [0.4, 0.5) is 13.2 Å². The highest BCUT2D eigenvalue weighted by Crippen LogP contribution is 2.21. The van der Waals surface area contributed by atoms with Gasteiger partial charge in [-0.05, 0) is 37.6 Å². The van der Waals surface area contributed by atoms with Crippen LogP contribution >= 0.6 is 0 Å². The molecule has 0 aromatic carbocycles. The maximum Gasteiger partial charge on any atom is 0.389 e. The van der Waals surface area contributed by atoms with Crippen LogP contribution in [0.5, 0.6) is 0 Å². The monoisotopic (exact) mass is 232 g/mol. The van der Waals surface area contributed by atoms with Gasteiger partial charge < -0.3 is 5.32 Å². The Bertz CT molecular complexity index is 298. The van der Waals surface area contributed by atoms with Crippen LogP contribution in [-0.4, -0.2) is 17.7 Å². The van der Waals surface area contributed by atoms with Gasteiger partial charge >= 0.3 is 6.18 Å². The highest BCUT2D eigenvalue weighted by molar-refractivity contribution is 5.13. The molecule has 1 N–H and O–H groups in total. The van der Waals surface area contributed by atoms with Crippen molar-refractivity contribution in [3.05, 3.63) is 30.1 Å². The van der Waals surface area contributed by atoms with E-state index in [-0.39, 0.29) is 12.5 Å².